The quantitative estimate of drug-likeness (QED) is 0.468. The molecule has 0 bridgehead atoms. The number of pyridine rings is 1. The number of amides is 2. The molecular formula is C29H36N6O6S. The number of benzene rings is 1. The molecule has 3 fully saturated rings. The van der Waals surface area contributed by atoms with Crippen LogP contribution >= 0.6 is 0 Å². The molecule has 1 aromatic carbocycles. The highest BCUT2D eigenvalue weighted by Crippen LogP contribution is 2.33. The van der Waals surface area contributed by atoms with E-state index < -0.39 is 57.4 Å². The average Bonchev–Trinajstić information content (AvgIpc) is 3.58. The molecule has 0 radical (unpaired) electrons. The molecular weight excluding hydrogens is 560 g/mol. The molecule has 1 N–H and O–H groups in total. The highest BCUT2D eigenvalue weighted by Gasteiger charge is 2.55. The van der Waals surface area contributed by atoms with Crippen molar-refractivity contribution in [2.75, 3.05) is 51.2 Å². The van der Waals surface area contributed by atoms with E-state index >= 15 is 0 Å². The molecule has 2 amide bonds. The molecule has 3 aliphatic heterocycles. The number of hydrogen-bond donors (Lipinski definition) is 1. The zero-order valence-corrected chi connectivity index (χ0v) is 24.6. The van der Waals surface area contributed by atoms with E-state index in [9.17, 15) is 27.6 Å². The lowest BCUT2D eigenvalue weighted by Gasteiger charge is -2.34. The monoisotopic (exact) mass is 596 g/mol. The number of rotatable bonds is 8. The van der Waals surface area contributed by atoms with E-state index in [-0.39, 0.29) is 18.5 Å². The van der Waals surface area contributed by atoms with Crippen LogP contribution in [-0.4, -0.2) is 115 Å². The molecule has 0 aliphatic carbocycles. The molecule has 42 heavy (non-hydrogen) atoms. The van der Waals surface area contributed by atoms with Gasteiger partial charge in [0.1, 0.15) is 12.1 Å². The number of ketones is 1. The molecule has 1 aromatic heterocycles. The van der Waals surface area contributed by atoms with Crippen LogP contribution in [0, 0.1) is 0 Å². The fourth-order valence-corrected chi connectivity index (χ4v) is 7.46. The number of Topliss-reactive ketones (excluding diaryl/α,β-unsaturated/α-hetero) is 1. The number of sulfonamides is 1. The Morgan fingerprint density at radius 2 is 1.74 bits per heavy atom. The molecule has 0 saturated carbocycles. The second-order valence-electron chi connectivity index (χ2n) is 11.0. The van der Waals surface area contributed by atoms with Crippen molar-refractivity contribution < 1.29 is 27.6 Å². The van der Waals surface area contributed by atoms with E-state index in [4.69, 9.17) is 0 Å². The van der Waals surface area contributed by atoms with Gasteiger partial charge in [0.2, 0.25) is 5.91 Å². The standard InChI is InChI=1S/C29H36N6O6S/c1-3-5-23(31-27(37)20-7-9-22(10-8-20)33-16-14-32(2)15-17-33)28(38)34-13-11-24-26(34)25(36)19-35(24)42(40,41)29(39)21-6-4-12-30-18-21/h4,6-10,12,18,23-24,26H,3,5,11,13-17,19H2,1-2H3,(H,31,37). The summed E-state index contributed by atoms with van der Waals surface area (Å²) in [7, 11) is -2.42. The van der Waals surface area contributed by atoms with Gasteiger partial charge in [0.15, 0.2) is 5.78 Å². The Morgan fingerprint density at radius 3 is 2.38 bits per heavy atom. The first-order valence-corrected chi connectivity index (χ1v) is 15.7. The number of hydrogen-bond acceptors (Lipinski definition) is 9. The summed E-state index contributed by atoms with van der Waals surface area (Å²) in [5.41, 5.74) is 1.36. The third-order valence-electron chi connectivity index (χ3n) is 8.28. The Kier molecular flexibility index (Phi) is 8.71. The third kappa shape index (κ3) is 5.81. The predicted molar refractivity (Wildman–Crippen MR) is 155 cm³/mol. The zero-order chi connectivity index (χ0) is 30.0. The van der Waals surface area contributed by atoms with Gasteiger partial charge in [-0.2, -0.15) is 4.31 Å². The van der Waals surface area contributed by atoms with E-state index in [1.54, 1.807) is 12.1 Å². The molecule has 3 unspecified atom stereocenters. The Hall–Kier alpha value is -3.68. The van der Waals surface area contributed by atoms with Gasteiger partial charge in [0.05, 0.1) is 18.2 Å². The first-order valence-electron chi connectivity index (χ1n) is 14.3. The van der Waals surface area contributed by atoms with Gasteiger partial charge in [0.25, 0.3) is 21.0 Å². The summed E-state index contributed by atoms with van der Waals surface area (Å²) in [6.45, 7) is 5.29. The number of piperazine rings is 1. The summed E-state index contributed by atoms with van der Waals surface area (Å²) in [4.78, 5) is 62.5. The minimum absolute atomic E-state index is 0.0957. The van der Waals surface area contributed by atoms with Crippen molar-refractivity contribution >= 4 is 38.4 Å². The highest BCUT2D eigenvalue weighted by atomic mass is 32.2. The fourth-order valence-electron chi connectivity index (χ4n) is 5.96. The number of likely N-dealkylation sites (tertiary alicyclic amines) is 1. The van der Waals surface area contributed by atoms with Crippen LogP contribution in [0.2, 0.25) is 0 Å². The van der Waals surface area contributed by atoms with Gasteiger partial charge >= 0.3 is 0 Å². The average molecular weight is 597 g/mol. The summed E-state index contributed by atoms with van der Waals surface area (Å²) < 4.78 is 27.3. The van der Waals surface area contributed by atoms with E-state index in [1.807, 2.05) is 19.1 Å². The largest absolute Gasteiger partial charge is 0.369 e. The number of nitrogens with zero attached hydrogens (tertiary/aromatic N) is 5. The van der Waals surface area contributed by atoms with Crippen LogP contribution in [-0.2, 0) is 19.6 Å². The van der Waals surface area contributed by atoms with Gasteiger partial charge in [-0.25, -0.2) is 8.42 Å². The first kappa shape index (κ1) is 29.8. The molecule has 12 nitrogen and oxygen atoms in total. The maximum Gasteiger partial charge on any atom is 0.293 e. The smallest absolute Gasteiger partial charge is 0.293 e. The molecule has 0 spiro atoms. The SMILES string of the molecule is CCCC(NC(=O)c1ccc(N2CCN(C)CC2)cc1)C(=O)N1CCC2C1C(=O)CN2S(=O)(=O)C(=O)c1cccnc1. The van der Waals surface area contributed by atoms with E-state index in [1.165, 1.54) is 23.2 Å². The van der Waals surface area contributed by atoms with Gasteiger partial charge in [-0.05, 0) is 56.3 Å². The summed E-state index contributed by atoms with van der Waals surface area (Å²) >= 11 is 0. The number of anilines is 1. The molecule has 4 heterocycles. The number of nitrogens with one attached hydrogen (secondary N) is 1. The van der Waals surface area contributed by atoms with Crippen LogP contribution in [0.3, 0.4) is 0 Å². The van der Waals surface area contributed by atoms with Gasteiger partial charge < -0.3 is 20.0 Å². The van der Waals surface area contributed by atoms with E-state index in [0.717, 1.165) is 42.4 Å². The van der Waals surface area contributed by atoms with Crippen LogP contribution in [0.15, 0.2) is 48.8 Å². The molecule has 2 aromatic rings. The number of carbonyl (C=O) groups excluding carboxylic acids is 4. The van der Waals surface area contributed by atoms with Crippen LogP contribution in [0.1, 0.15) is 46.9 Å². The number of aromatic nitrogens is 1. The molecule has 3 saturated heterocycles. The Bertz CT molecular complexity index is 1440. The van der Waals surface area contributed by atoms with Gasteiger partial charge in [0, 0.05) is 56.4 Å². The minimum Gasteiger partial charge on any atom is -0.369 e. The normalized spacial score (nSPS) is 22.2. The lowest BCUT2D eigenvalue weighted by Crippen LogP contribution is -2.52. The van der Waals surface area contributed by atoms with Crippen LogP contribution in [0.25, 0.3) is 0 Å². The van der Waals surface area contributed by atoms with Crippen molar-refractivity contribution in [3.05, 3.63) is 59.9 Å². The molecule has 13 heteroatoms. The third-order valence-corrected chi connectivity index (χ3v) is 10.0. The molecule has 3 aliphatic rings. The van der Waals surface area contributed by atoms with Gasteiger partial charge in [-0.15, -0.1) is 0 Å². The van der Waals surface area contributed by atoms with Crippen LogP contribution in [0.5, 0.6) is 0 Å². The first-order chi connectivity index (χ1) is 20.1. The molecule has 5 rings (SSSR count). The van der Waals surface area contributed by atoms with Crippen molar-refractivity contribution in [3.8, 4) is 0 Å². The van der Waals surface area contributed by atoms with Crippen LogP contribution < -0.4 is 10.2 Å². The maximum absolute atomic E-state index is 13.7. The fraction of sp³-hybridized carbons (Fsp3) is 0.483. The second kappa shape index (κ2) is 12.3. The van der Waals surface area contributed by atoms with E-state index in [0.29, 0.717) is 18.4 Å². The number of fused-ring (bicyclic) bond motifs is 1. The summed E-state index contributed by atoms with van der Waals surface area (Å²) in [6, 6.07) is 7.37. The topological polar surface area (TPSA) is 140 Å². The second-order valence-corrected chi connectivity index (χ2v) is 12.8. The predicted octanol–water partition coefficient (Wildman–Crippen LogP) is 0.756. The molecule has 3 atom stereocenters. The van der Waals surface area contributed by atoms with Crippen molar-refractivity contribution in [3.63, 3.8) is 0 Å². The summed E-state index contributed by atoms with van der Waals surface area (Å²) in [5.74, 6) is -1.28. The van der Waals surface area contributed by atoms with Crippen molar-refractivity contribution in [1.82, 2.24) is 24.4 Å². The van der Waals surface area contributed by atoms with Crippen LogP contribution in [0.4, 0.5) is 5.69 Å². The Labute approximate surface area is 245 Å². The lowest BCUT2D eigenvalue weighted by atomic mass is 10.1. The zero-order valence-electron chi connectivity index (χ0n) is 23.8. The maximum atomic E-state index is 13.7. The van der Waals surface area contributed by atoms with Crippen molar-refractivity contribution in [1.29, 1.82) is 0 Å². The van der Waals surface area contributed by atoms with Gasteiger partial charge in [-0.3, -0.25) is 24.2 Å². The number of carbonyl (C=O) groups is 4. The summed E-state index contributed by atoms with van der Waals surface area (Å²) in [5, 5.41) is 1.70. The highest BCUT2D eigenvalue weighted by molar-refractivity contribution is 8.04. The Morgan fingerprint density at radius 1 is 1.02 bits per heavy atom. The van der Waals surface area contributed by atoms with E-state index in [2.05, 4.69) is 27.1 Å². The Balaban J connectivity index is 1.27. The summed E-state index contributed by atoms with van der Waals surface area (Å²) in [6.07, 6.45) is 3.76. The number of likely N-dealkylation sites (N-methyl/N-ethyl adjacent to an activating group) is 1. The van der Waals surface area contributed by atoms with Gasteiger partial charge in [-0.1, -0.05) is 13.3 Å². The molecule has 224 valence electrons. The minimum atomic E-state index is -4.51. The van der Waals surface area contributed by atoms with Crippen molar-refractivity contribution in [2.24, 2.45) is 0 Å². The lowest BCUT2D eigenvalue weighted by molar-refractivity contribution is -0.138. The van der Waals surface area contributed by atoms with Crippen molar-refractivity contribution in [2.45, 2.75) is 44.3 Å².